The van der Waals surface area contributed by atoms with E-state index in [4.69, 9.17) is 17.3 Å². The highest BCUT2D eigenvalue weighted by Gasteiger charge is 2.21. The predicted molar refractivity (Wildman–Crippen MR) is 85.4 cm³/mol. The summed E-state index contributed by atoms with van der Waals surface area (Å²) in [5.74, 6) is 0. The van der Waals surface area contributed by atoms with Gasteiger partial charge in [0.15, 0.2) is 0 Å². The third kappa shape index (κ3) is 3.66. The minimum atomic E-state index is -0.0578. The van der Waals surface area contributed by atoms with Crippen LogP contribution >= 0.6 is 11.6 Å². The number of benzene rings is 1. The molecule has 3 nitrogen and oxygen atoms in total. The van der Waals surface area contributed by atoms with Crippen LogP contribution in [0.5, 0.6) is 0 Å². The number of nitrogens with two attached hydrogens (primary N) is 1. The van der Waals surface area contributed by atoms with E-state index in [2.05, 4.69) is 11.0 Å². The SMILES string of the molecule is CC(N)c1ccc(N(CCO)C2CCCCC2)cc1Cl. The fourth-order valence-electron chi connectivity index (χ4n) is 3.09. The molecule has 1 aromatic rings. The van der Waals surface area contributed by atoms with Gasteiger partial charge in [0.2, 0.25) is 0 Å². The van der Waals surface area contributed by atoms with E-state index in [1.165, 1.54) is 32.1 Å². The van der Waals surface area contributed by atoms with Gasteiger partial charge in [-0.15, -0.1) is 0 Å². The Hall–Kier alpha value is -0.770. The van der Waals surface area contributed by atoms with Crippen molar-refractivity contribution in [3.8, 4) is 0 Å². The molecule has 1 atom stereocenters. The molecular weight excluding hydrogens is 272 g/mol. The lowest BCUT2D eigenvalue weighted by Crippen LogP contribution is -2.38. The van der Waals surface area contributed by atoms with Gasteiger partial charge < -0.3 is 15.7 Å². The third-order valence-electron chi connectivity index (χ3n) is 4.16. The van der Waals surface area contributed by atoms with Crippen molar-refractivity contribution in [2.75, 3.05) is 18.1 Å². The van der Waals surface area contributed by atoms with Crippen molar-refractivity contribution >= 4 is 17.3 Å². The average molecular weight is 297 g/mol. The molecule has 0 saturated heterocycles. The Morgan fingerprint density at radius 1 is 1.35 bits per heavy atom. The number of nitrogens with zero attached hydrogens (tertiary/aromatic N) is 1. The fraction of sp³-hybridized carbons (Fsp3) is 0.625. The molecule has 1 unspecified atom stereocenters. The first-order valence-electron chi connectivity index (χ1n) is 7.56. The molecule has 112 valence electrons. The van der Waals surface area contributed by atoms with Gasteiger partial charge in [-0.2, -0.15) is 0 Å². The Balaban J connectivity index is 2.22. The molecule has 4 heteroatoms. The summed E-state index contributed by atoms with van der Waals surface area (Å²) in [5.41, 5.74) is 7.98. The Labute approximate surface area is 126 Å². The van der Waals surface area contributed by atoms with E-state index in [0.29, 0.717) is 12.6 Å². The number of rotatable bonds is 5. The van der Waals surface area contributed by atoms with Crippen molar-refractivity contribution in [2.24, 2.45) is 5.73 Å². The van der Waals surface area contributed by atoms with Crippen LogP contribution in [0.25, 0.3) is 0 Å². The van der Waals surface area contributed by atoms with Crippen LogP contribution in [0.2, 0.25) is 5.02 Å². The molecule has 1 aliphatic carbocycles. The largest absolute Gasteiger partial charge is 0.395 e. The quantitative estimate of drug-likeness (QED) is 0.874. The summed E-state index contributed by atoms with van der Waals surface area (Å²) in [4.78, 5) is 2.30. The van der Waals surface area contributed by atoms with Crippen LogP contribution in [0.1, 0.15) is 50.6 Å². The van der Waals surface area contributed by atoms with Crippen molar-refractivity contribution in [3.63, 3.8) is 0 Å². The second-order valence-electron chi connectivity index (χ2n) is 5.70. The van der Waals surface area contributed by atoms with Crippen LogP contribution in [0, 0.1) is 0 Å². The van der Waals surface area contributed by atoms with Gasteiger partial charge >= 0.3 is 0 Å². The molecular formula is C16H25ClN2O. The van der Waals surface area contributed by atoms with E-state index in [1.54, 1.807) is 0 Å². The zero-order valence-electron chi connectivity index (χ0n) is 12.2. The number of aliphatic hydroxyl groups excluding tert-OH is 1. The average Bonchev–Trinajstić information content (AvgIpc) is 2.45. The first-order valence-corrected chi connectivity index (χ1v) is 7.94. The van der Waals surface area contributed by atoms with E-state index in [1.807, 2.05) is 19.1 Å². The van der Waals surface area contributed by atoms with Crippen LogP contribution < -0.4 is 10.6 Å². The number of aliphatic hydroxyl groups is 1. The van der Waals surface area contributed by atoms with Crippen molar-refractivity contribution in [2.45, 2.75) is 51.1 Å². The summed E-state index contributed by atoms with van der Waals surface area (Å²) in [6, 6.07) is 6.54. The molecule has 0 heterocycles. The zero-order chi connectivity index (χ0) is 14.5. The highest BCUT2D eigenvalue weighted by atomic mass is 35.5. The lowest BCUT2D eigenvalue weighted by molar-refractivity contribution is 0.290. The molecule has 0 aliphatic heterocycles. The molecule has 1 aromatic carbocycles. The van der Waals surface area contributed by atoms with Crippen LogP contribution in [-0.2, 0) is 0 Å². The lowest BCUT2D eigenvalue weighted by Gasteiger charge is -2.36. The predicted octanol–water partition coefficient (Wildman–Crippen LogP) is 3.49. The monoisotopic (exact) mass is 296 g/mol. The zero-order valence-corrected chi connectivity index (χ0v) is 12.9. The molecule has 0 spiro atoms. The van der Waals surface area contributed by atoms with Crippen LogP contribution in [0.15, 0.2) is 18.2 Å². The number of hydrogen-bond acceptors (Lipinski definition) is 3. The maximum atomic E-state index is 9.35. The van der Waals surface area contributed by atoms with Gasteiger partial charge in [-0.3, -0.25) is 0 Å². The van der Waals surface area contributed by atoms with Crippen LogP contribution in [0.4, 0.5) is 5.69 Å². The lowest BCUT2D eigenvalue weighted by atomic mass is 9.93. The van der Waals surface area contributed by atoms with E-state index < -0.39 is 0 Å². The minimum absolute atomic E-state index is 0.0578. The number of anilines is 1. The van der Waals surface area contributed by atoms with Gasteiger partial charge in [0, 0.05) is 29.3 Å². The minimum Gasteiger partial charge on any atom is -0.395 e. The molecule has 0 bridgehead atoms. The highest BCUT2D eigenvalue weighted by Crippen LogP contribution is 2.31. The van der Waals surface area contributed by atoms with Crippen molar-refractivity contribution in [3.05, 3.63) is 28.8 Å². The van der Waals surface area contributed by atoms with Gasteiger partial charge in [0.25, 0.3) is 0 Å². The topological polar surface area (TPSA) is 49.5 Å². The van der Waals surface area contributed by atoms with Crippen molar-refractivity contribution in [1.29, 1.82) is 0 Å². The normalized spacial score (nSPS) is 18.0. The maximum absolute atomic E-state index is 9.35. The van der Waals surface area contributed by atoms with E-state index >= 15 is 0 Å². The van der Waals surface area contributed by atoms with Gasteiger partial charge in [0.1, 0.15) is 0 Å². The second kappa shape index (κ2) is 7.30. The summed E-state index contributed by atoms with van der Waals surface area (Å²) in [5, 5.41) is 10.1. The summed E-state index contributed by atoms with van der Waals surface area (Å²) in [6.07, 6.45) is 6.28. The maximum Gasteiger partial charge on any atom is 0.0606 e. The molecule has 3 N–H and O–H groups in total. The molecule has 2 rings (SSSR count). The first-order chi connectivity index (χ1) is 9.63. The van der Waals surface area contributed by atoms with Crippen LogP contribution in [0.3, 0.4) is 0 Å². The fourth-order valence-corrected chi connectivity index (χ4v) is 3.43. The van der Waals surface area contributed by atoms with Gasteiger partial charge in [-0.1, -0.05) is 36.9 Å². The summed E-state index contributed by atoms with van der Waals surface area (Å²) in [6.45, 7) is 2.77. The summed E-state index contributed by atoms with van der Waals surface area (Å²) >= 11 is 6.34. The molecule has 1 fully saturated rings. The van der Waals surface area contributed by atoms with Crippen LogP contribution in [-0.4, -0.2) is 24.3 Å². The van der Waals surface area contributed by atoms with Crippen molar-refractivity contribution in [1.82, 2.24) is 0 Å². The summed E-state index contributed by atoms with van der Waals surface area (Å²) in [7, 11) is 0. The highest BCUT2D eigenvalue weighted by molar-refractivity contribution is 6.31. The molecule has 20 heavy (non-hydrogen) atoms. The molecule has 0 aromatic heterocycles. The van der Waals surface area contributed by atoms with Crippen molar-refractivity contribution < 1.29 is 5.11 Å². The Morgan fingerprint density at radius 2 is 2.05 bits per heavy atom. The summed E-state index contributed by atoms with van der Waals surface area (Å²) < 4.78 is 0. The second-order valence-corrected chi connectivity index (χ2v) is 6.11. The Bertz CT molecular complexity index is 430. The molecule has 0 amide bonds. The first kappa shape index (κ1) is 15.6. The van der Waals surface area contributed by atoms with E-state index in [-0.39, 0.29) is 12.6 Å². The number of hydrogen-bond donors (Lipinski definition) is 2. The van der Waals surface area contributed by atoms with Gasteiger partial charge in [-0.25, -0.2) is 0 Å². The molecule has 1 saturated carbocycles. The molecule has 0 radical (unpaired) electrons. The molecule has 1 aliphatic rings. The third-order valence-corrected chi connectivity index (χ3v) is 4.49. The van der Waals surface area contributed by atoms with Gasteiger partial charge in [0.05, 0.1) is 6.61 Å². The van der Waals surface area contributed by atoms with Gasteiger partial charge in [-0.05, 0) is 37.5 Å². The number of halogens is 1. The standard InChI is InChI=1S/C16H25ClN2O/c1-12(18)15-8-7-14(11-16(15)17)19(9-10-20)13-5-3-2-4-6-13/h7-8,11-13,20H,2-6,9-10,18H2,1H3. The van der Waals surface area contributed by atoms with E-state index in [0.717, 1.165) is 16.3 Å². The smallest absolute Gasteiger partial charge is 0.0606 e. The Kier molecular flexibility index (Phi) is 5.70. The van der Waals surface area contributed by atoms with E-state index in [9.17, 15) is 5.11 Å². The Morgan fingerprint density at radius 3 is 2.60 bits per heavy atom.